The molecule has 0 aromatic heterocycles. The average molecular weight is 425 g/mol. The third-order valence-corrected chi connectivity index (χ3v) is 5.26. The van der Waals surface area contributed by atoms with Crippen LogP contribution >= 0.6 is 0 Å². The van der Waals surface area contributed by atoms with Gasteiger partial charge in [-0.2, -0.15) is 0 Å². The summed E-state index contributed by atoms with van der Waals surface area (Å²) < 4.78 is 5.01. The zero-order valence-electron chi connectivity index (χ0n) is 17.5. The number of rotatable bonds is 6. The summed E-state index contributed by atoms with van der Waals surface area (Å²) in [5.41, 5.74) is 0.414. The van der Waals surface area contributed by atoms with E-state index < -0.39 is 36.5 Å². The number of carbonyl (C=O) groups is 4. The van der Waals surface area contributed by atoms with E-state index in [4.69, 9.17) is 4.74 Å². The zero-order chi connectivity index (χ0) is 22.2. The van der Waals surface area contributed by atoms with Gasteiger partial charge in [-0.3, -0.25) is 19.7 Å². The van der Waals surface area contributed by atoms with Crippen molar-refractivity contribution in [3.8, 4) is 0 Å². The lowest BCUT2D eigenvalue weighted by Crippen LogP contribution is -2.48. The SMILES string of the molecule is C[C@H](OC(=O)CNC(=O)c1ccc2ccccc2c1)C(=O)NC(=O)NC1CCCCC1. The summed E-state index contributed by atoms with van der Waals surface area (Å²) in [5, 5.41) is 9.34. The molecule has 8 nitrogen and oxygen atoms in total. The van der Waals surface area contributed by atoms with Gasteiger partial charge in [0.2, 0.25) is 0 Å². The molecule has 2 aromatic rings. The van der Waals surface area contributed by atoms with Gasteiger partial charge in [0.25, 0.3) is 11.8 Å². The van der Waals surface area contributed by atoms with Gasteiger partial charge in [-0.05, 0) is 42.7 Å². The summed E-state index contributed by atoms with van der Waals surface area (Å²) in [6, 6.07) is 12.3. The summed E-state index contributed by atoms with van der Waals surface area (Å²) in [6.07, 6.45) is 3.88. The first-order valence-electron chi connectivity index (χ1n) is 10.5. The molecule has 3 N–H and O–H groups in total. The van der Waals surface area contributed by atoms with Gasteiger partial charge >= 0.3 is 12.0 Å². The van der Waals surface area contributed by atoms with Crippen LogP contribution in [0.1, 0.15) is 49.4 Å². The molecule has 0 radical (unpaired) electrons. The molecule has 1 fully saturated rings. The molecule has 1 aliphatic carbocycles. The van der Waals surface area contributed by atoms with E-state index in [0.717, 1.165) is 42.9 Å². The molecule has 3 rings (SSSR count). The standard InChI is InChI=1S/C23H27N3O5/c1-15(21(28)26-23(30)25-19-9-3-2-4-10-19)31-20(27)14-24-22(29)18-12-11-16-7-5-6-8-17(16)13-18/h5-8,11-13,15,19H,2-4,9-10,14H2,1H3,(H,24,29)(H2,25,26,28,30)/t15-/m0/s1. The molecule has 1 aliphatic rings. The molecule has 0 aliphatic heterocycles. The van der Waals surface area contributed by atoms with Crippen molar-refractivity contribution < 1.29 is 23.9 Å². The van der Waals surface area contributed by atoms with Crippen LogP contribution in [0.15, 0.2) is 42.5 Å². The van der Waals surface area contributed by atoms with Gasteiger partial charge < -0.3 is 15.4 Å². The highest BCUT2D eigenvalue weighted by atomic mass is 16.5. The van der Waals surface area contributed by atoms with Gasteiger partial charge in [0.1, 0.15) is 6.54 Å². The Balaban J connectivity index is 1.41. The van der Waals surface area contributed by atoms with Gasteiger partial charge in [-0.15, -0.1) is 0 Å². The maximum Gasteiger partial charge on any atom is 0.326 e. The fraction of sp³-hybridized carbons (Fsp3) is 0.391. The fourth-order valence-corrected chi connectivity index (χ4v) is 3.56. The van der Waals surface area contributed by atoms with Crippen molar-refractivity contribution in [2.75, 3.05) is 6.54 Å². The Kier molecular flexibility index (Phi) is 7.59. The average Bonchev–Trinajstić information content (AvgIpc) is 2.77. The van der Waals surface area contributed by atoms with E-state index in [2.05, 4.69) is 16.0 Å². The summed E-state index contributed by atoms with van der Waals surface area (Å²) in [5.74, 6) is -1.92. The Morgan fingerprint density at radius 2 is 1.71 bits per heavy atom. The maximum absolute atomic E-state index is 12.3. The summed E-state index contributed by atoms with van der Waals surface area (Å²) >= 11 is 0. The second kappa shape index (κ2) is 10.6. The molecule has 0 spiro atoms. The van der Waals surface area contributed by atoms with Crippen molar-refractivity contribution in [1.82, 2.24) is 16.0 Å². The molecule has 4 amide bonds. The Bertz CT molecular complexity index is 969. The first-order chi connectivity index (χ1) is 14.9. The number of ether oxygens (including phenoxy) is 1. The second-order valence-corrected chi connectivity index (χ2v) is 7.67. The van der Waals surface area contributed by atoms with Crippen LogP contribution in [0, 0.1) is 0 Å². The molecule has 0 bridgehead atoms. The highest BCUT2D eigenvalue weighted by Gasteiger charge is 2.22. The van der Waals surface area contributed by atoms with Crippen LogP contribution in [-0.4, -0.2) is 42.5 Å². The number of urea groups is 1. The summed E-state index contributed by atoms with van der Waals surface area (Å²) in [6.45, 7) is 0.976. The monoisotopic (exact) mass is 425 g/mol. The first-order valence-corrected chi connectivity index (χ1v) is 10.5. The minimum atomic E-state index is -1.16. The Hall–Kier alpha value is -3.42. The van der Waals surface area contributed by atoms with Gasteiger partial charge in [0.05, 0.1) is 0 Å². The number of amides is 4. The van der Waals surface area contributed by atoms with Crippen molar-refractivity contribution in [3.05, 3.63) is 48.0 Å². The lowest BCUT2D eigenvalue weighted by molar-refractivity contribution is -0.153. The smallest absolute Gasteiger partial charge is 0.326 e. The highest BCUT2D eigenvalue weighted by Crippen LogP contribution is 2.17. The third kappa shape index (κ3) is 6.53. The van der Waals surface area contributed by atoms with E-state index in [1.165, 1.54) is 6.92 Å². The quantitative estimate of drug-likeness (QED) is 0.616. The number of carbonyl (C=O) groups excluding carboxylic acids is 4. The van der Waals surface area contributed by atoms with Crippen molar-refractivity contribution in [2.45, 2.75) is 51.2 Å². The van der Waals surface area contributed by atoms with Gasteiger partial charge in [-0.1, -0.05) is 49.6 Å². The Labute approximate surface area is 180 Å². The van der Waals surface area contributed by atoms with Crippen molar-refractivity contribution in [3.63, 3.8) is 0 Å². The Morgan fingerprint density at radius 1 is 1.00 bits per heavy atom. The molecule has 31 heavy (non-hydrogen) atoms. The van der Waals surface area contributed by atoms with Crippen LogP contribution in [0.25, 0.3) is 10.8 Å². The molecule has 1 saturated carbocycles. The van der Waals surface area contributed by atoms with Crippen molar-refractivity contribution in [2.24, 2.45) is 0 Å². The van der Waals surface area contributed by atoms with E-state index in [9.17, 15) is 19.2 Å². The van der Waals surface area contributed by atoms with E-state index in [-0.39, 0.29) is 6.04 Å². The number of imide groups is 1. The largest absolute Gasteiger partial charge is 0.451 e. The fourth-order valence-electron chi connectivity index (χ4n) is 3.56. The van der Waals surface area contributed by atoms with Gasteiger partial charge in [-0.25, -0.2) is 4.79 Å². The predicted molar refractivity (Wildman–Crippen MR) is 115 cm³/mol. The highest BCUT2D eigenvalue weighted by molar-refractivity contribution is 6.00. The summed E-state index contributed by atoms with van der Waals surface area (Å²) in [7, 11) is 0. The second-order valence-electron chi connectivity index (χ2n) is 7.67. The molecule has 164 valence electrons. The van der Waals surface area contributed by atoms with Crippen LogP contribution in [0.5, 0.6) is 0 Å². The molecule has 0 unspecified atom stereocenters. The number of nitrogens with one attached hydrogen (secondary N) is 3. The predicted octanol–water partition coefficient (Wildman–Crippen LogP) is 2.66. The van der Waals surface area contributed by atoms with E-state index in [1.807, 2.05) is 30.3 Å². The zero-order valence-corrected chi connectivity index (χ0v) is 17.5. The van der Waals surface area contributed by atoms with Gasteiger partial charge in [0, 0.05) is 11.6 Å². The minimum absolute atomic E-state index is 0.0599. The third-order valence-electron chi connectivity index (χ3n) is 5.26. The lowest BCUT2D eigenvalue weighted by Gasteiger charge is -2.23. The van der Waals surface area contributed by atoms with Crippen molar-refractivity contribution in [1.29, 1.82) is 0 Å². The maximum atomic E-state index is 12.3. The topological polar surface area (TPSA) is 114 Å². The molecular weight excluding hydrogens is 398 g/mol. The van der Waals surface area contributed by atoms with Crippen LogP contribution < -0.4 is 16.0 Å². The summed E-state index contributed by atoms with van der Waals surface area (Å²) in [4.78, 5) is 48.3. The van der Waals surface area contributed by atoms with Crippen LogP contribution in [0.3, 0.4) is 0 Å². The molecule has 8 heteroatoms. The van der Waals surface area contributed by atoms with Crippen LogP contribution in [-0.2, 0) is 14.3 Å². The molecular formula is C23H27N3O5. The molecule has 0 heterocycles. The van der Waals surface area contributed by atoms with Crippen molar-refractivity contribution >= 4 is 34.6 Å². The van der Waals surface area contributed by atoms with Crippen LogP contribution in [0.2, 0.25) is 0 Å². The minimum Gasteiger partial charge on any atom is -0.451 e. The van der Waals surface area contributed by atoms with E-state index in [1.54, 1.807) is 12.1 Å². The molecule has 0 saturated heterocycles. The number of benzene rings is 2. The van der Waals surface area contributed by atoms with Gasteiger partial charge in [0.15, 0.2) is 6.10 Å². The first kappa shape index (κ1) is 22.3. The Morgan fingerprint density at radius 3 is 2.45 bits per heavy atom. The van der Waals surface area contributed by atoms with E-state index >= 15 is 0 Å². The van der Waals surface area contributed by atoms with Crippen LogP contribution in [0.4, 0.5) is 4.79 Å². The normalized spacial score (nSPS) is 15.0. The number of hydrogen-bond donors (Lipinski definition) is 3. The number of fused-ring (bicyclic) bond motifs is 1. The molecule has 2 aromatic carbocycles. The number of esters is 1. The number of hydrogen-bond acceptors (Lipinski definition) is 5. The van der Waals surface area contributed by atoms with E-state index in [0.29, 0.717) is 5.56 Å². The molecule has 1 atom stereocenters. The lowest BCUT2D eigenvalue weighted by atomic mass is 9.96.